The van der Waals surface area contributed by atoms with E-state index in [2.05, 4.69) is 0 Å². The van der Waals surface area contributed by atoms with Crippen molar-refractivity contribution in [1.82, 2.24) is 0 Å². The number of sulfone groups is 1. The Morgan fingerprint density at radius 1 is 1.35 bits per heavy atom. The van der Waals surface area contributed by atoms with Crippen LogP contribution in [0.2, 0.25) is 0 Å². The maximum absolute atomic E-state index is 13.5. The van der Waals surface area contributed by atoms with E-state index >= 15 is 0 Å². The first-order valence-electron chi connectivity index (χ1n) is 5.28. The van der Waals surface area contributed by atoms with E-state index in [0.717, 1.165) is 0 Å². The van der Waals surface area contributed by atoms with E-state index < -0.39 is 15.7 Å². The molecule has 1 aromatic rings. The van der Waals surface area contributed by atoms with Gasteiger partial charge in [0.25, 0.3) is 0 Å². The maximum atomic E-state index is 13.5. The summed E-state index contributed by atoms with van der Waals surface area (Å²) in [6.45, 7) is 4.00. The molecule has 92 valence electrons. The third-order valence-electron chi connectivity index (χ3n) is 2.49. The van der Waals surface area contributed by atoms with Crippen molar-refractivity contribution >= 4 is 27.7 Å². The van der Waals surface area contributed by atoms with Gasteiger partial charge in [-0.2, -0.15) is 11.8 Å². The lowest BCUT2D eigenvalue weighted by Crippen LogP contribution is -2.06. The van der Waals surface area contributed by atoms with Gasteiger partial charge in [-0.15, -0.1) is 0 Å². The van der Waals surface area contributed by atoms with E-state index in [1.807, 2.05) is 13.8 Å². The number of rotatable bonds is 3. The second-order valence-electron chi connectivity index (χ2n) is 4.13. The standard InChI is InChI=1S/C12H13FO2S2/c1-8(2)16-7-10-6-9-4-3-5-11(13)12(9)17(10,14)15/h3-6,8H,7H2,1-2H3. The molecule has 5 heteroatoms. The quantitative estimate of drug-likeness (QED) is 0.848. The van der Waals surface area contributed by atoms with Crippen LogP contribution in [0.4, 0.5) is 4.39 Å². The second kappa shape index (κ2) is 4.46. The molecule has 0 aliphatic carbocycles. The predicted octanol–water partition coefficient (Wildman–Crippen LogP) is 3.10. The monoisotopic (exact) mass is 272 g/mol. The molecule has 0 fully saturated rings. The first-order chi connectivity index (χ1) is 7.93. The maximum Gasteiger partial charge on any atom is 0.207 e. The molecule has 1 aliphatic rings. The van der Waals surface area contributed by atoms with Crippen molar-refractivity contribution < 1.29 is 12.8 Å². The van der Waals surface area contributed by atoms with Crippen molar-refractivity contribution in [2.24, 2.45) is 0 Å². The smallest absolute Gasteiger partial charge is 0.207 e. The highest BCUT2D eigenvalue weighted by Crippen LogP contribution is 2.36. The van der Waals surface area contributed by atoms with Crippen molar-refractivity contribution in [2.45, 2.75) is 24.0 Å². The fourth-order valence-corrected chi connectivity index (χ4v) is 4.38. The SMILES string of the molecule is CC(C)SCC1=Cc2cccc(F)c2S1(=O)=O. The summed E-state index contributed by atoms with van der Waals surface area (Å²) in [6, 6.07) is 4.34. The predicted molar refractivity (Wildman–Crippen MR) is 69.2 cm³/mol. The summed E-state index contributed by atoms with van der Waals surface area (Å²) in [6.07, 6.45) is 1.57. The summed E-state index contributed by atoms with van der Waals surface area (Å²) < 4.78 is 37.7. The fourth-order valence-electron chi connectivity index (χ4n) is 1.67. The van der Waals surface area contributed by atoms with Crippen molar-refractivity contribution in [2.75, 3.05) is 5.75 Å². The summed E-state index contributed by atoms with van der Waals surface area (Å²) in [7, 11) is -3.61. The van der Waals surface area contributed by atoms with Crippen LogP contribution in [0, 0.1) is 5.82 Å². The third-order valence-corrected chi connectivity index (χ3v) is 5.73. The molecule has 2 nitrogen and oxygen atoms in total. The number of fused-ring (bicyclic) bond motifs is 1. The van der Waals surface area contributed by atoms with Gasteiger partial charge in [-0.25, -0.2) is 12.8 Å². The van der Waals surface area contributed by atoms with Crippen molar-refractivity contribution in [3.63, 3.8) is 0 Å². The minimum Gasteiger partial charge on any atom is -0.219 e. The van der Waals surface area contributed by atoms with Crippen LogP contribution in [-0.4, -0.2) is 19.4 Å². The van der Waals surface area contributed by atoms with Gasteiger partial charge >= 0.3 is 0 Å². The van der Waals surface area contributed by atoms with Gasteiger partial charge < -0.3 is 0 Å². The third kappa shape index (κ3) is 2.26. The summed E-state index contributed by atoms with van der Waals surface area (Å²) >= 11 is 1.54. The van der Waals surface area contributed by atoms with Crippen molar-refractivity contribution in [3.8, 4) is 0 Å². The van der Waals surface area contributed by atoms with Crippen LogP contribution in [-0.2, 0) is 9.84 Å². The van der Waals surface area contributed by atoms with E-state index in [-0.39, 0.29) is 4.90 Å². The van der Waals surface area contributed by atoms with E-state index in [4.69, 9.17) is 0 Å². The van der Waals surface area contributed by atoms with Crippen LogP contribution in [0.3, 0.4) is 0 Å². The van der Waals surface area contributed by atoms with Crippen LogP contribution in [0.5, 0.6) is 0 Å². The number of hydrogen-bond donors (Lipinski definition) is 0. The van der Waals surface area contributed by atoms with E-state index in [0.29, 0.717) is 21.5 Å². The van der Waals surface area contributed by atoms with Gasteiger partial charge in [0.1, 0.15) is 10.7 Å². The minimum atomic E-state index is -3.61. The molecule has 0 N–H and O–H groups in total. The lowest BCUT2D eigenvalue weighted by molar-refractivity contribution is 0.572. The number of benzene rings is 1. The van der Waals surface area contributed by atoms with Gasteiger partial charge in [-0.1, -0.05) is 26.0 Å². The van der Waals surface area contributed by atoms with Crippen molar-refractivity contribution in [3.05, 3.63) is 34.5 Å². The molecule has 0 radical (unpaired) electrons. The fraction of sp³-hybridized carbons (Fsp3) is 0.333. The summed E-state index contributed by atoms with van der Waals surface area (Å²) in [5, 5.41) is 0.347. The Labute approximate surface area is 105 Å². The molecular formula is C12H13FO2S2. The molecular weight excluding hydrogens is 259 g/mol. The van der Waals surface area contributed by atoms with Crippen LogP contribution in [0.15, 0.2) is 28.0 Å². The highest BCUT2D eigenvalue weighted by Gasteiger charge is 2.32. The molecule has 0 atom stereocenters. The molecule has 0 aromatic heterocycles. The first-order valence-corrected chi connectivity index (χ1v) is 7.82. The zero-order chi connectivity index (χ0) is 12.6. The average Bonchev–Trinajstić information content (AvgIpc) is 2.48. The largest absolute Gasteiger partial charge is 0.219 e. The molecule has 1 heterocycles. The summed E-state index contributed by atoms with van der Waals surface area (Å²) in [5.41, 5.74) is 0.462. The lowest BCUT2D eigenvalue weighted by Gasteiger charge is -2.06. The molecule has 0 amide bonds. The Bertz CT molecular complexity index is 574. The van der Waals surface area contributed by atoms with Gasteiger partial charge in [-0.05, 0) is 23.0 Å². The molecule has 2 rings (SSSR count). The molecule has 1 aliphatic heterocycles. The normalized spacial score (nSPS) is 17.1. The summed E-state index contributed by atoms with van der Waals surface area (Å²) in [5.74, 6) is -0.267. The number of halogens is 1. The van der Waals surface area contributed by atoms with E-state index in [1.165, 1.54) is 23.9 Å². The number of hydrogen-bond acceptors (Lipinski definition) is 3. The Morgan fingerprint density at radius 3 is 2.65 bits per heavy atom. The van der Waals surface area contributed by atoms with Gasteiger partial charge in [-0.3, -0.25) is 0 Å². The Morgan fingerprint density at radius 2 is 2.06 bits per heavy atom. The van der Waals surface area contributed by atoms with Crippen LogP contribution in [0.25, 0.3) is 6.08 Å². The second-order valence-corrected chi connectivity index (χ2v) is 7.64. The van der Waals surface area contributed by atoms with Crippen LogP contribution >= 0.6 is 11.8 Å². The van der Waals surface area contributed by atoms with Crippen LogP contribution < -0.4 is 0 Å². The first kappa shape index (κ1) is 12.6. The van der Waals surface area contributed by atoms with Gasteiger partial charge in [0.05, 0.1) is 4.91 Å². The van der Waals surface area contributed by atoms with Crippen molar-refractivity contribution in [1.29, 1.82) is 0 Å². The van der Waals surface area contributed by atoms with E-state index in [1.54, 1.807) is 12.1 Å². The Hall–Kier alpha value is -0.810. The lowest BCUT2D eigenvalue weighted by atomic mass is 10.2. The highest BCUT2D eigenvalue weighted by molar-refractivity contribution is 8.02. The van der Waals surface area contributed by atoms with E-state index in [9.17, 15) is 12.8 Å². The molecule has 0 spiro atoms. The Kier molecular flexibility index (Phi) is 3.32. The van der Waals surface area contributed by atoms with Gasteiger partial charge in [0, 0.05) is 5.75 Å². The molecule has 0 saturated heterocycles. The van der Waals surface area contributed by atoms with Gasteiger partial charge in [0.15, 0.2) is 0 Å². The zero-order valence-corrected chi connectivity index (χ0v) is 11.2. The molecule has 1 aromatic carbocycles. The zero-order valence-electron chi connectivity index (χ0n) is 9.60. The minimum absolute atomic E-state index is 0.167. The molecule has 0 saturated carbocycles. The molecule has 0 unspecified atom stereocenters. The number of thioether (sulfide) groups is 1. The Balaban J connectivity index is 2.40. The van der Waals surface area contributed by atoms with Gasteiger partial charge in [0.2, 0.25) is 9.84 Å². The van der Waals surface area contributed by atoms with Crippen LogP contribution in [0.1, 0.15) is 19.4 Å². The topological polar surface area (TPSA) is 34.1 Å². The summed E-state index contributed by atoms with van der Waals surface area (Å²) in [4.78, 5) is 0.135. The molecule has 17 heavy (non-hydrogen) atoms. The molecule has 0 bridgehead atoms. The highest BCUT2D eigenvalue weighted by atomic mass is 32.2. The average molecular weight is 272 g/mol.